The van der Waals surface area contributed by atoms with Crippen LogP contribution in [-0.2, 0) is 25.5 Å². The van der Waals surface area contributed by atoms with Gasteiger partial charge in [0, 0.05) is 42.8 Å². The van der Waals surface area contributed by atoms with E-state index < -0.39 is 6.29 Å². The first kappa shape index (κ1) is 25.5. The summed E-state index contributed by atoms with van der Waals surface area (Å²) in [6, 6.07) is 19.7. The second-order valence-electron chi connectivity index (χ2n) is 9.14. The number of carbonyl (C=O) groups excluding carboxylic acids is 2. The summed E-state index contributed by atoms with van der Waals surface area (Å²) in [5.74, 6) is -0.584. The molecule has 0 aliphatic carbocycles. The highest BCUT2D eigenvalue weighted by Gasteiger charge is 2.19. The second kappa shape index (κ2) is 11.9. The SMILES string of the molecule is COC(=O)CCc1ccc(-c2ccc(-c3cc(C(=O)NOC4CCCCO4)c4cnccc4n3)cc2)cc1. The van der Waals surface area contributed by atoms with E-state index in [0.717, 1.165) is 41.5 Å². The zero-order chi connectivity index (χ0) is 26.3. The molecule has 3 heterocycles. The number of nitrogens with zero attached hydrogens (tertiary/aromatic N) is 2. The summed E-state index contributed by atoms with van der Waals surface area (Å²) < 4.78 is 10.3. The minimum Gasteiger partial charge on any atom is -0.469 e. The Bertz CT molecular complexity index is 1410. The van der Waals surface area contributed by atoms with Crippen molar-refractivity contribution in [1.82, 2.24) is 15.4 Å². The molecule has 1 unspecified atom stereocenters. The Labute approximate surface area is 220 Å². The lowest BCUT2D eigenvalue weighted by atomic mass is 9.99. The topological polar surface area (TPSA) is 99.6 Å². The molecule has 0 saturated carbocycles. The van der Waals surface area contributed by atoms with Gasteiger partial charge >= 0.3 is 5.97 Å². The van der Waals surface area contributed by atoms with Gasteiger partial charge in [0.25, 0.3) is 5.91 Å². The molecule has 5 rings (SSSR count). The van der Waals surface area contributed by atoms with Crippen LogP contribution >= 0.6 is 0 Å². The molecule has 1 aliphatic heterocycles. The number of carbonyl (C=O) groups is 2. The number of aromatic nitrogens is 2. The minimum absolute atomic E-state index is 0.213. The fourth-order valence-electron chi connectivity index (χ4n) is 4.43. The standard InChI is InChI=1S/C30H29N3O5/c1-36-28(34)14-7-20-5-8-21(9-6-20)22-10-12-23(13-11-22)27-18-24(25-19-31-16-15-26(25)32-27)30(35)33-38-29-4-2-3-17-37-29/h5-6,8-13,15-16,18-19,29H,2-4,7,14,17H2,1H3,(H,33,35). The van der Waals surface area contributed by atoms with Gasteiger partial charge in [0.1, 0.15) is 0 Å². The van der Waals surface area contributed by atoms with Crippen LogP contribution in [0.25, 0.3) is 33.3 Å². The Morgan fingerprint density at radius 3 is 2.45 bits per heavy atom. The number of hydrogen-bond acceptors (Lipinski definition) is 7. The van der Waals surface area contributed by atoms with Crippen molar-refractivity contribution in [3.05, 3.63) is 84.2 Å². The van der Waals surface area contributed by atoms with Crippen molar-refractivity contribution in [2.24, 2.45) is 0 Å². The van der Waals surface area contributed by atoms with E-state index >= 15 is 0 Å². The van der Waals surface area contributed by atoms with Gasteiger partial charge in [-0.3, -0.25) is 14.6 Å². The van der Waals surface area contributed by atoms with E-state index in [9.17, 15) is 9.59 Å². The maximum atomic E-state index is 13.1. The van der Waals surface area contributed by atoms with E-state index in [1.54, 1.807) is 24.5 Å². The normalized spacial score (nSPS) is 15.2. The second-order valence-corrected chi connectivity index (χ2v) is 9.14. The van der Waals surface area contributed by atoms with E-state index in [-0.39, 0.29) is 11.9 Å². The highest BCUT2D eigenvalue weighted by atomic mass is 16.8. The van der Waals surface area contributed by atoms with Crippen molar-refractivity contribution in [1.29, 1.82) is 0 Å². The largest absolute Gasteiger partial charge is 0.469 e. The molecule has 38 heavy (non-hydrogen) atoms. The molecule has 2 aromatic heterocycles. The van der Waals surface area contributed by atoms with Gasteiger partial charge in [-0.25, -0.2) is 15.3 Å². The smallest absolute Gasteiger partial charge is 0.305 e. The number of ether oxygens (including phenoxy) is 2. The fourth-order valence-corrected chi connectivity index (χ4v) is 4.43. The number of rotatable bonds is 8. The highest BCUT2D eigenvalue weighted by molar-refractivity contribution is 6.06. The lowest BCUT2D eigenvalue weighted by Gasteiger charge is -2.22. The van der Waals surface area contributed by atoms with Crippen LogP contribution in [0.5, 0.6) is 0 Å². The summed E-state index contributed by atoms with van der Waals surface area (Å²) in [7, 11) is 1.40. The molecule has 1 atom stereocenters. The van der Waals surface area contributed by atoms with Gasteiger partial charge in [-0.1, -0.05) is 48.5 Å². The van der Waals surface area contributed by atoms with E-state index in [2.05, 4.69) is 10.5 Å². The third-order valence-corrected chi connectivity index (χ3v) is 6.59. The van der Waals surface area contributed by atoms with Crippen LogP contribution in [0.3, 0.4) is 0 Å². The predicted molar refractivity (Wildman–Crippen MR) is 143 cm³/mol. The first-order chi connectivity index (χ1) is 18.6. The number of esters is 1. The molecule has 0 radical (unpaired) electrons. The number of pyridine rings is 2. The number of fused-ring (bicyclic) bond motifs is 1. The third kappa shape index (κ3) is 6.04. The van der Waals surface area contributed by atoms with Crippen molar-refractivity contribution in [2.75, 3.05) is 13.7 Å². The molecule has 1 aliphatic rings. The molecule has 1 saturated heterocycles. The van der Waals surface area contributed by atoms with Gasteiger partial charge in [0.15, 0.2) is 6.29 Å². The van der Waals surface area contributed by atoms with E-state index in [1.807, 2.05) is 48.5 Å². The first-order valence-electron chi connectivity index (χ1n) is 12.7. The van der Waals surface area contributed by atoms with Crippen molar-refractivity contribution < 1.29 is 23.9 Å². The molecule has 8 heteroatoms. The minimum atomic E-state index is -0.437. The first-order valence-corrected chi connectivity index (χ1v) is 12.7. The number of methoxy groups -OCH3 is 1. The summed E-state index contributed by atoms with van der Waals surface area (Å²) >= 11 is 0. The van der Waals surface area contributed by atoms with Crippen molar-refractivity contribution in [2.45, 2.75) is 38.4 Å². The molecule has 1 amide bonds. The zero-order valence-electron chi connectivity index (χ0n) is 21.2. The van der Waals surface area contributed by atoms with Crippen LogP contribution in [0, 0.1) is 0 Å². The quantitative estimate of drug-likeness (QED) is 0.255. The van der Waals surface area contributed by atoms with Crippen molar-refractivity contribution in [3.8, 4) is 22.4 Å². The Morgan fingerprint density at radius 1 is 1.00 bits per heavy atom. The average molecular weight is 512 g/mol. The van der Waals surface area contributed by atoms with Crippen LogP contribution < -0.4 is 5.48 Å². The molecular weight excluding hydrogens is 482 g/mol. The van der Waals surface area contributed by atoms with Gasteiger partial charge in [-0.05, 0) is 48.1 Å². The highest BCUT2D eigenvalue weighted by Crippen LogP contribution is 2.28. The number of amides is 1. The maximum Gasteiger partial charge on any atom is 0.305 e. The van der Waals surface area contributed by atoms with Crippen LogP contribution in [0.2, 0.25) is 0 Å². The van der Waals surface area contributed by atoms with Crippen molar-refractivity contribution >= 4 is 22.8 Å². The van der Waals surface area contributed by atoms with E-state index in [4.69, 9.17) is 19.3 Å². The zero-order valence-corrected chi connectivity index (χ0v) is 21.2. The molecular formula is C30H29N3O5. The van der Waals surface area contributed by atoms with Crippen LogP contribution in [-0.4, -0.2) is 41.9 Å². The number of aryl methyl sites for hydroxylation is 1. The van der Waals surface area contributed by atoms with E-state index in [0.29, 0.717) is 41.6 Å². The third-order valence-electron chi connectivity index (χ3n) is 6.59. The molecule has 4 aromatic rings. The van der Waals surface area contributed by atoms with Gasteiger partial charge in [0.2, 0.25) is 0 Å². The Balaban J connectivity index is 1.34. The predicted octanol–water partition coefficient (Wildman–Crippen LogP) is 5.26. The molecule has 194 valence electrons. The summed E-state index contributed by atoms with van der Waals surface area (Å²) in [6.07, 6.45) is 6.60. The fraction of sp³-hybridized carbons (Fsp3) is 0.267. The number of benzene rings is 2. The molecule has 0 bridgehead atoms. The average Bonchev–Trinajstić information content (AvgIpc) is 2.99. The number of nitrogens with one attached hydrogen (secondary N) is 1. The molecule has 1 N–H and O–H groups in total. The Morgan fingerprint density at radius 2 is 1.74 bits per heavy atom. The molecule has 0 spiro atoms. The van der Waals surface area contributed by atoms with Crippen LogP contribution in [0.4, 0.5) is 0 Å². The molecule has 8 nitrogen and oxygen atoms in total. The van der Waals surface area contributed by atoms with Crippen LogP contribution in [0.15, 0.2) is 73.1 Å². The molecule has 1 fully saturated rings. The number of hydroxylamine groups is 1. The van der Waals surface area contributed by atoms with Gasteiger partial charge in [-0.15, -0.1) is 0 Å². The summed E-state index contributed by atoms with van der Waals surface area (Å²) in [5, 5.41) is 0.644. The van der Waals surface area contributed by atoms with E-state index in [1.165, 1.54) is 7.11 Å². The number of hydrogen-bond donors (Lipinski definition) is 1. The Hall–Kier alpha value is -4.14. The van der Waals surface area contributed by atoms with Gasteiger partial charge in [-0.2, -0.15) is 0 Å². The van der Waals surface area contributed by atoms with Crippen LogP contribution in [0.1, 0.15) is 41.6 Å². The monoisotopic (exact) mass is 511 g/mol. The summed E-state index contributed by atoms with van der Waals surface area (Å²) in [4.78, 5) is 38.9. The summed E-state index contributed by atoms with van der Waals surface area (Å²) in [5.41, 5.74) is 8.40. The Kier molecular flexibility index (Phi) is 8.01. The molecule has 2 aromatic carbocycles. The maximum absolute atomic E-state index is 13.1. The lowest BCUT2D eigenvalue weighted by Crippen LogP contribution is -2.33. The van der Waals surface area contributed by atoms with Crippen molar-refractivity contribution in [3.63, 3.8) is 0 Å². The van der Waals surface area contributed by atoms with Gasteiger partial charge < -0.3 is 9.47 Å². The van der Waals surface area contributed by atoms with Gasteiger partial charge in [0.05, 0.1) is 23.9 Å². The summed E-state index contributed by atoms with van der Waals surface area (Å²) in [6.45, 7) is 0.627. The lowest BCUT2D eigenvalue weighted by molar-refractivity contribution is -0.186.